The fraction of sp³-hybridized carbons (Fsp3) is 0.235. The molecular formula is C17H17NO2. The van der Waals surface area contributed by atoms with E-state index in [0.717, 1.165) is 27.9 Å². The number of anilines is 1. The van der Waals surface area contributed by atoms with Crippen molar-refractivity contribution in [2.75, 3.05) is 5.32 Å². The van der Waals surface area contributed by atoms with E-state index in [4.69, 9.17) is 0 Å². The topological polar surface area (TPSA) is 49.3 Å². The smallest absolute Gasteiger partial charge is 0.231 e. The molecule has 0 aliphatic carbocycles. The van der Waals surface area contributed by atoms with Gasteiger partial charge in [0.05, 0.1) is 5.92 Å². The van der Waals surface area contributed by atoms with Crippen molar-refractivity contribution in [2.24, 2.45) is 0 Å². The number of aliphatic hydroxyl groups excluding tert-OH is 1. The summed E-state index contributed by atoms with van der Waals surface area (Å²) < 4.78 is 0. The van der Waals surface area contributed by atoms with Gasteiger partial charge in [0.1, 0.15) is 6.10 Å². The first-order chi connectivity index (χ1) is 9.58. The van der Waals surface area contributed by atoms with Crippen molar-refractivity contribution in [1.82, 2.24) is 0 Å². The minimum atomic E-state index is -0.663. The SMILES string of the molecule is Cc1ccccc1C(O)c1ccc2c(c1)C(C)C(=O)N2. The van der Waals surface area contributed by atoms with Gasteiger partial charge >= 0.3 is 0 Å². The molecule has 0 saturated carbocycles. The van der Waals surface area contributed by atoms with Crippen LogP contribution in [0.4, 0.5) is 5.69 Å². The quantitative estimate of drug-likeness (QED) is 0.878. The van der Waals surface area contributed by atoms with E-state index >= 15 is 0 Å². The molecule has 102 valence electrons. The highest BCUT2D eigenvalue weighted by atomic mass is 16.3. The highest BCUT2D eigenvalue weighted by molar-refractivity contribution is 6.02. The Labute approximate surface area is 118 Å². The summed E-state index contributed by atoms with van der Waals surface area (Å²) in [6.45, 7) is 3.87. The van der Waals surface area contributed by atoms with Gasteiger partial charge in [0.15, 0.2) is 0 Å². The molecule has 1 heterocycles. The molecule has 2 aromatic carbocycles. The van der Waals surface area contributed by atoms with E-state index in [0.29, 0.717) is 0 Å². The number of aliphatic hydroxyl groups is 1. The number of nitrogens with one attached hydrogen (secondary N) is 1. The third-order valence-electron chi connectivity index (χ3n) is 3.99. The average molecular weight is 267 g/mol. The van der Waals surface area contributed by atoms with Crippen molar-refractivity contribution >= 4 is 11.6 Å². The fourth-order valence-corrected chi connectivity index (χ4v) is 2.68. The molecule has 0 aromatic heterocycles. The Morgan fingerprint density at radius 1 is 1.20 bits per heavy atom. The van der Waals surface area contributed by atoms with E-state index in [1.807, 2.05) is 56.3 Å². The molecule has 0 fully saturated rings. The van der Waals surface area contributed by atoms with Crippen LogP contribution in [0.15, 0.2) is 42.5 Å². The molecule has 2 N–H and O–H groups in total. The number of carbonyl (C=O) groups is 1. The number of rotatable bonds is 2. The number of benzene rings is 2. The van der Waals surface area contributed by atoms with Crippen molar-refractivity contribution in [3.05, 3.63) is 64.7 Å². The summed E-state index contributed by atoms with van der Waals surface area (Å²) in [5.41, 5.74) is 4.59. The van der Waals surface area contributed by atoms with Crippen LogP contribution in [0.5, 0.6) is 0 Å². The lowest BCUT2D eigenvalue weighted by Gasteiger charge is -2.15. The number of carbonyl (C=O) groups excluding carboxylic acids is 1. The summed E-state index contributed by atoms with van der Waals surface area (Å²) in [6, 6.07) is 13.5. The Morgan fingerprint density at radius 3 is 2.70 bits per heavy atom. The predicted molar refractivity (Wildman–Crippen MR) is 78.7 cm³/mol. The first kappa shape index (κ1) is 12.9. The van der Waals surface area contributed by atoms with Gasteiger partial charge in [-0.15, -0.1) is 0 Å². The van der Waals surface area contributed by atoms with Crippen LogP contribution in [0, 0.1) is 6.92 Å². The molecule has 1 aliphatic rings. The van der Waals surface area contributed by atoms with Gasteiger partial charge < -0.3 is 10.4 Å². The summed E-state index contributed by atoms with van der Waals surface area (Å²) in [5, 5.41) is 13.4. The number of amides is 1. The van der Waals surface area contributed by atoms with E-state index in [-0.39, 0.29) is 11.8 Å². The molecule has 0 saturated heterocycles. The predicted octanol–water partition coefficient (Wildman–Crippen LogP) is 3.13. The van der Waals surface area contributed by atoms with Gasteiger partial charge in [0.2, 0.25) is 5.91 Å². The minimum absolute atomic E-state index is 0.0162. The van der Waals surface area contributed by atoms with Crippen LogP contribution >= 0.6 is 0 Å². The standard InChI is InChI=1S/C17H17NO2/c1-10-5-3-4-6-13(10)16(19)12-7-8-15-14(9-12)11(2)17(20)18-15/h3-9,11,16,19H,1-2H3,(H,18,20). The molecule has 20 heavy (non-hydrogen) atoms. The lowest BCUT2D eigenvalue weighted by Crippen LogP contribution is -2.08. The van der Waals surface area contributed by atoms with Gasteiger partial charge in [0.25, 0.3) is 0 Å². The average Bonchev–Trinajstić information content (AvgIpc) is 2.74. The number of hydrogen-bond acceptors (Lipinski definition) is 2. The number of aryl methyl sites for hydroxylation is 1. The molecule has 3 rings (SSSR count). The molecule has 2 aromatic rings. The largest absolute Gasteiger partial charge is 0.384 e. The van der Waals surface area contributed by atoms with Crippen LogP contribution in [0.3, 0.4) is 0 Å². The van der Waals surface area contributed by atoms with E-state index in [9.17, 15) is 9.90 Å². The Bertz CT molecular complexity index is 678. The maximum absolute atomic E-state index is 11.7. The molecule has 1 amide bonds. The molecule has 3 heteroatoms. The second-order valence-electron chi connectivity index (χ2n) is 5.32. The van der Waals surface area contributed by atoms with Crippen LogP contribution in [0.25, 0.3) is 0 Å². The number of hydrogen-bond donors (Lipinski definition) is 2. The molecule has 2 atom stereocenters. The van der Waals surface area contributed by atoms with Crippen LogP contribution in [-0.2, 0) is 4.79 Å². The zero-order chi connectivity index (χ0) is 14.3. The highest BCUT2D eigenvalue weighted by Gasteiger charge is 2.27. The maximum Gasteiger partial charge on any atom is 0.231 e. The Balaban J connectivity index is 2.00. The summed E-state index contributed by atoms with van der Waals surface area (Å²) in [4.78, 5) is 11.7. The molecule has 0 bridgehead atoms. The summed E-state index contributed by atoms with van der Waals surface area (Å²) in [6.07, 6.45) is -0.663. The second kappa shape index (κ2) is 4.76. The molecule has 3 nitrogen and oxygen atoms in total. The Hall–Kier alpha value is -2.13. The maximum atomic E-state index is 11.7. The number of fused-ring (bicyclic) bond motifs is 1. The minimum Gasteiger partial charge on any atom is -0.384 e. The van der Waals surface area contributed by atoms with Gasteiger partial charge in [-0.05, 0) is 48.2 Å². The lowest BCUT2D eigenvalue weighted by atomic mass is 9.94. The summed E-state index contributed by atoms with van der Waals surface area (Å²) in [7, 11) is 0. The summed E-state index contributed by atoms with van der Waals surface area (Å²) >= 11 is 0. The van der Waals surface area contributed by atoms with E-state index in [2.05, 4.69) is 5.32 Å². The first-order valence-corrected chi connectivity index (χ1v) is 6.76. The first-order valence-electron chi connectivity index (χ1n) is 6.76. The van der Waals surface area contributed by atoms with Crippen molar-refractivity contribution in [2.45, 2.75) is 25.9 Å². The molecule has 0 spiro atoms. The van der Waals surface area contributed by atoms with Crippen molar-refractivity contribution in [1.29, 1.82) is 0 Å². The fourth-order valence-electron chi connectivity index (χ4n) is 2.68. The van der Waals surface area contributed by atoms with Gasteiger partial charge in [-0.2, -0.15) is 0 Å². The van der Waals surface area contributed by atoms with Gasteiger partial charge in [0, 0.05) is 5.69 Å². The third kappa shape index (κ3) is 2.00. The molecule has 1 aliphatic heterocycles. The van der Waals surface area contributed by atoms with E-state index in [1.54, 1.807) is 0 Å². The third-order valence-corrected chi connectivity index (χ3v) is 3.99. The van der Waals surface area contributed by atoms with Gasteiger partial charge in [-0.3, -0.25) is 4.79 Å². The Morgan fingerprint density at radius 2 is 1.95 bits per heavy atom. The van der Waals surface area contributed by atoms with E-state index < -0.39 is 6.10 Å². The summed E-state index contributed by atoms with van der Waals surface area (Å²) in [5.74, 6) is -0.142. The Kier molecular flexibility index (Phi) is 3.07. The normalized spacial score (nSPS) is 18.6. The van der Waals surface area contributed by atoms with Crippen molar-refractivity contribution in [3.8, 4) is 0 Å². The molecular weight excluding hydrogens is 250 g/mol. The van der Waals surface area contributed by atoms with Gasteiger partial charge in [-0.25, -0.2) is 0 Å². The van der Waals surface area contributed by atoms with Crippen LogP contribution in [0.2, 0.25) is 0 Å². The van der Waals surface area contributed by atoms with Crippen LogP contribution in [0.1, 0.15) is 41.2 Å². The zero-order valence-electron chi connectivity index (χ0n) is 11.6. The van der Waals surface area contributed by atoms with Crippen molar-refractivity contribution in [3.63, 3.8) is 0 Å². The highest BCUT2D eigenvalue weighted by Crippen LogP contribution is 2.35. The molecule has 0 radical (unpaired) electrons. The van der Waals surface area contributed by atoms with E-state index in [1.165, 1.54) is 0 Å². The van der Waals surface area contributed by atoms with Crippen molar-refractivity contribution < 1.29 is 9.90 Å². The second-order valence-corrected chi connectivity index (χ2v) is 5.32. The zero-order valence-corrected chi connectivity index (χ0v) is 11.6. The van der Waals surface area contributed by atoms with Gasteiger partial charge in [-0.1, -0.05) is 30.3 Å². The molecule has 2 unspecified atom stereocenters. The van der Waals surface area contributed by atoms with Crippen LogP contribution < -0.4 is 5.32 Å². The lowest BCUT2D eigenvalue weighted by molar-refractivity contribution is -0.116. The van der Waals surface area contributed by atoms with Crippen LogP contribution in [-0.4, -0.2) is 11.0 Å². The monoisotopic (exact) mass is 267 g/mol.